The molecule has 3 rings (SSSR count). The van der Waals surface area contributed by atoms with E-state index in [2.05, 4.69) is 20.6 Å². The molecule has 0 atom stereocenters. The lowest BCUT2D eigenvalue weighted by Gasteiger charge is -2.10. The molecule has 0 radical (unpaired) electrons. The third-order valence-corrected chi connectivity index (χ3v) is 4.54. The van der Waals surface area contributed by atoms with Gasteiger partial charge in [0, 0.05) is 36.5 Å². The van der Waals surface area contributed by atoms with Crippen molar-refractivity contribution in [2.75, 3.05) is 11.9 Å². The highest BCUT2D eigenvalue weighted by Gasteiger charge is 2.27. The number of aromatic nitrogens is 2. The van der Waals surface area contributed by atoms with Crippen molar-refractivity contribution in [3.05, 3.63) is 47.3 Å². The summed E-state index contributed by atoms with van der Waals surface area (Å²) in [5, 5.41) is 5.47. The molecular formula is C21H23F3N4O3. The number of anilines is 1. The summed E-state index contributed by atoms with van der Waals surface area (Å²) in [6, 6.07) is 6.18. The van der Waals surface area contributed by atoms with E-state index in [1.54, 1.807) is 19.1 Å². The molecule has 166 valence electrons. The zero-order valence-corrected chi connectivity index (χ0v) is 17.0. The van der Waals surface area contributed by atoms with Crippen molar-refractivity contribution in [2.24, 2.45) is 5.92 Å². The molecule has 1 saturated carbocycles. The van der Waals surface area contributed by atoms with Gasteiger partial charge in [0.25, 0.3) is 5.91 Å². The van der Waals surface area contributed by atoms with Gasteiger partial charge in [-0.2, -0.15) is 13.2 Å². The number of aryl methyl sites for hydroxylation is 1. The van der Waals surface area contributed by atoms with Gasteiger partial charge in [0.2, 0.25) is 11.8 Å². The van der Waals surface area contributed by atoms with Crippen molar-refractivity contribution in [1.29, 1.82) is 0 Å². The number of pyridine rings is 2. The van der Waals surface area contributed by atoms with Crippen LogP contribution in [0.1, 0.15) is 47.3 Å². The topological polar surface area (TPSA) is 93.2 Å². The van der Waals surface area contributed by atoms with Crippen LogP contribution in [0.3, 0.4) is 0 Å². The standard InChI is InChI=1S/C21H23F3N4O3/c1-13-8-16(10-17(27-13)28-18(29)9-14-2-3-14)20(30)26-12-15-4-5-19(25-11-15)31-7-6-21(22,23)24/h4-5,8,10-11,14H,2-3,6-7,9,12H2,1H3,(H,26,30)(H,27,28,29). The molecule has 0 bridgehead atoms. The van der Waals surface area contributed by atoms with E-state index in [0.717, 1.165) is 12.8 Å². The highest BCUT2D eigenvalue weighted by molar-refractivity contribution is 5.96. The van der Waals surface area contributed by atoms with Crippen molar-refractivity contribution in [3.63, 3.8) is 0 Å². The van der Waals surface area contributed by atoms with Crippen LogP contribution in [0.5, 0.6) is 5.88 Å². The number of rotatable bonds is 9. The summed E-state index contributed by atoms with van der Waals surface area (Å²) in [6.45, 7) is 1.39. The Morgan fingerprint density at radius 1 is 1.23 bits per heavy atom. The first-order chi connectivity index (χ1) is 14.7. The minimum atomic E-state index is -4.28. The van der Waals surface area contributed by atoms with Crippen LogP contribution in [0.25, 0.3) is 0 Å². The highest BCUT2D eigenvalue weighted by Crippen LogP contribution is 2.32. The number of ether oxygens (including phenoxy) is 1. The Morgan fingerprint density at radius 3 is 2.65 bits per heavy atom. The molecular weight excluding hydrogens is 413 g/mol. The third kappa shape index (κ3) is 7.88. The number of halogens is 3. The summed E-state index contributed by atoms with van der Waals surface area (Å²) >= 11 is 0. The number of nitrogens with zero attached hydrogens (tertiary/aromatic N) is 2. The minimum Gasteiger partial charge on any atom is -0.477 e. The molecule has 0 saturated heterocycles. The lowest BCUT2D eigenvalue weighted by Crippen LogP contribution is -2.23. The number of hydrogen-bond donors (Lipinski definition) is 2. The van der Waals surface area contributed by atoms with Crippen LogP contribution in [0.2, 0.25) is 0 Å². The fourth-order valence-corrected chi connectivity index (χ4v) is 2.80. The maximum atomic E-state index is 12.5. The van der Waals surface area contributed by atoms with Crippen molar-refractivity contribution in [2.45, 2.75) is 45.3 Å². The van der Waals surface area contributed by atoms with Crippen molar-refractivity contribution in [3.8, 4) is 5.88 Å². The van der Waals surface area contributed by atoms with E-state index >= 15 is 0 Å². The highest BCUT2D eigenvalue weighted by atomic mass is 19.4. The van der Waals surface area contributed by atoms with E-state index in [1.807, 2.05) is 0 Å². The molecule has 31 heavy (non-hydrogen) atoms. The Hall–Kier alpha value is -3.17. The molecule has 0 unspecified atom stereocenters. The third-order valence-electron chi connectivity index (χ3n) is 4.54. The predicted molar refractivity (Wildman–Crippen MR) is 107 cm³/mol. The van der Waals surface area contributed by atoms with Gasteiger partial charge in [-0.25, -0.2) is 9.97 Å². The molecule has 0 aromatic carbocycles. The van der Waals surface area contributed by atoms with E-state index in [1.165, 1.54) is 18.3 Å². The smallest absolute Gasteiger partial charge is 0.392 e. The van der Waals surface area contributed by atoms with Gasteiger partial charge in [0.15, 0.2) is 0 Å². The molecule has 1 fully saturated rings. The SMILES string of the molecule is Cc1cc(C(=O)NCc2ccc(OCCC(F)(F)F)nc2)cc(NC(=O)CC2CC2)n1. The molecule has 0 aliphatic heterocycles. The first-order valence-electron chi connectivity index (χ1n) is 9.89. The predicted octanol–water partition coefficient (Wildman–Crippen LogP) is 3.78. The first-order valence-corrected chi connectivity index (χ1v) is 9.89. The van der Waals surface area contributed by atoms with Crippen molar-refractivity contribution < 1.29 is 27.5 Å². The maximum absolute atomic E-state index is 12.5. The van der Waals surface area contributed by atoms with E-state index < -0.39 is 19.2 Å². The molecule has 7 nitrogen and oxygen atoms in total. The minimum absolute atomic E-state index is 0.0793. The molecule has 2 aromatic heterocycles. The monoisotopic (exact) mass is 436 g/mol. The van der Waals surface area contributed by atoms with Gasteiger partial charge in [0.05, 0.1) is 13.0 Å². The van der Waals surface area contributed by atoms with Gasteiger partial charge in [-0.15, -0.1) is 0 Å². The molecule has 2 amide bonds. The zero-order valence-electron chi connectivity index (χ0n) is 17.0. The second-order valence-corrected chi connectivity index (χ2v) is 7.48. The van der Waals surface area contributed by atoms with Crippen LogP contribution in [-0.4, -0.2) is 34.6 Å². The zero-order chi connectivity index (χ0) is 22.4. The molecule has 10 heteroatoms. The molecule has 1 aliphatic rings. The van der Waals surface area contributed by atoms with Gasteiger partial charge in [-0.1, -0.05) is 6.07 Å². The number of carbonyl (C=O) groups is 2. The molecule has 2 aromatic rings. The number of nitrogens with one attached hydrogen (secondary N) is 2. The lowest BCUT2D eigenvalue weighted by atomic mass is 10.2. The van der Waals surface area contributed by atoms with Crippen LogP contribution in [0.15, 0.2) is 30.5 Å². The molecule has 1 aliphatic carbocycles. The Bertz CT molecular complexity index is 928. The number of hydrogen-bond acceptors (Lipinski definition) is 5. The van der Waals surface area contributed by atoms with Gasteiger partial charge in [-0.05, 0) is 43.4 Å². The molecule has 2 heterocycles. The second-order valence-electron chi connectivity index (χ2n) is 7.48. The maximum Gasteiger partial charge on any atom is 0.392 e. The Balaban J connectivity index is 1.51. The van der Waals surface area contributed by atoms with Crippen LogP contribution in [-0.2, 0) is 11.3 Å². The van der Waals surface area contributed by atoms with Crippen LogP contribution < -0.4 is 15.4 Å². The number of carbonyl (C=O) groups excluding carboxylic acids is 2. The quantitative estimate of drug-likeness (QED) is 0.624. The number of alkyl halides is 3. The Kier molecular flexibility index (Phi) is 7.09. The summed E-state index contributed by atoms with van der Waals surface area (Å²) in [4.78, 5) is 32.7. The lowest BCUT2D eigenvalue weighted by molar-refractivity contribution is -0.139. The van der Waals surface area contributed by atoms with E-state index in [9.17, 15) is 22.8 Å². The first kappa shape index (κ1) is 22.5. The summed E-state index contributed by atoms with van der Waals surface area (Å²) in [7, 11) is 0. The van der Waals surface area contributed by atoms with Gasteiger partial charge in [-0.3, -0.25) is 9.59 Å². The molecule has 2 N–H and O–H groups in total. The summed E-state index contributed by atoms with van der Waals surface area (Å²) in [5.74, 6) is 0.389. The van der Waals surface area contributed by atoms with E-state index in [0.29, 0.717) is 35.0 Å². The van der Waals surface area contributed by atoms with Gasteiger partial charge < -0.3 is 15.4 Å². The molecule has 0 spiro atoms. The summed E-state index contributed by atoms with van der Waals surface area (Å²) in [6.07, 6.45) is -1.32. The van der Waals surface area contributed by atoms with Gasteiger partial charge >= 0.3 is 6.18 Å². The van der Waals surface area contributed by atoms with Crippen LogP contribution in [0.4, 0.5) is 19.0 Å². The Morgan fingerprint density at radius 2 is 2.00 bits per heavy atom. The fourth-order valence-electron chi connectivity index (χ4n) is 2.80. The van der Waals surface area contributed by atoms with Crippen LogP contribution in [0, 0.1) is 12.8 Å². The van der Waals surface area contributed by atoms with Gasteiger partial charge in [0.1, 0.15) is 5.82 Å². The van der Waals surface area contributed by atoms with Crippen LogP contribution >= 0.6 is 0 Å². The number of amides is 2. The summed E-state index contributed by atoms with van der Waals surface area (Å²) in [5.41, 5.74) is 1.60. The average Bonchev–Trinajstić information content (AvgIpc) is 3.49. The second kappa shape index (κ2) is 9.76. The fraction of sp³-hybridized carbons (Fsp3) is 0.429. The average molecular weight is 436 g/mol. The normalized spacial score (nSPS) is 13.5. The van der Waals surface area contributed by atoms with Crippen molar-refractivity contribution >= 4 is 17.6 Å². The van der Waals surface area contributed by atoms with Crippen molar-refractivity contribution in [1.82, 2.24) is 15.3 Å². The van der Waals surface area contributed by atoms with E-state index in [4.69, 9.17) is 4.74 Å². The summed E-state index contributed by atoms with van der Waals surface area (Å²) < 4.78 is 41.4. The Labute approximate surface area is 177 Å². The largest absolute Gasteiger partial charge is 0.477 e. The van der Waals surface area contributed by atoms with E-state index in [-0.39, 0.29) is 24.2 Å².